The van der Waals surface area contributed by atoms with E-state index < -0.39 is 5.41 Å². The number of rotatable bonds is 10. The van der Waals surface area contributed by atoms with Gasteiger partial charge in [0.25, 0.3) is 0 Å². The van der Waals surface area contributed by atoms with Crippen LogP contribution in [0.3, 0.4) is 0 Å². The fraction of sp³-hybridized carbons (Fsp3) is 0.265. The zero-order valence-electron chi connectivity index (χ0n) is 21.1. The highest BCUT2D eigenvalue weighted by atomic mass is 15.1. The Morgan fingerprint density at radius 3 is 1.64 bits per heavy atom. The van der Waals surface area contributed by atoms with Crippen LogP contribution in [0.4, 0.5) is 0 Å². The van der Waals surface area contributed by atoms with E-state index in [1.54, 1.807) is 0 Å². The first-order chi connectivity index (χ1) is 17.7. The van der Waals surface area contributed by atoms with Crippen LogP contribution in [0.5, 0.6) is 0 Å². The molecule has 5 rings (SSSR count). The molecule has 0 bridgehead atoms. The molecule has 0 aliphatic heterocycles. The summed E-state index contributed by atoms with van der Waals surface area (Å²) in [5.41, 5.74) is 6.92. The first kappa shape index (κ1) is 24.0. The third-order valence-corrected chi connectivity index (χ3v) is 7.79. The van der Waals surface area contributed by atoms with Gasteiger partial charge in [-0.1, -0.05) is 116 Å². The molecule has 0 spiro atoms. The molecule has 0 saturated heterocycles. The zero-order valence-corrected chi connectivity index (χ0v) is 21.1. The normalized spacial score (nSPS) is 14.1. The molecule has 0 heterocycles. The number of nitrogens with zero attached hydrogens (tertiary/aromatic N) is 2. The first-order valence-corrected chi connectivity index (χ1v) is 13.2. The summed E-state index contributed by atoms with van der Waals surface area (Å²) >= 11 is 0. The lowest BCUT2D eigenvalue weighted by atomic mass is 9.75. The summed E-state index contributed by atoms with van der Waals surface area (Å²) in [6.07, 6.45) is 4.02. The van der Waals surface area contributed by atoms with Crippen molar-refractivity contribution in [1.29, 1.82) is 5.26 Å². The highest BCUT2D eigenvalue weighted by Gasteiger charge is 2.43. The average Bonchev–Trinajstić information content (AvgIpc) is 3.22. The number of hydrogen-bond acceptors (Lipinski definition) is 2. The minimum absolute atomic E-state index is 0.452. The lowest BCUT2D eigenvalue weighted by Crippen LogP contribution is -2.34. The Kier molecular flexibility index (Phi) is 7.31. The van der Waals surface area contributed by atoms with E-state index in [-0.39, 0.29) is 0 Å². The molecular weight excluding hydrogens is 436 g/mol. The van der Waals surface area contributed by atoms with Gasteiger partial charge in [-0.05, 0) is 59.1 Å². The lowest BCUT2D eigenvalue weighted by molar-refractivity contribution is 0.160. The molecule has 1 atom stereocenters. The van der Waals surface area contributed by atoms with Gasteiger partial charge in [0.05, 0.1) is 6.07 Å². The molecule has 36 heavy (non-hydrogen) atoms. The standard InChI is InChI=1S/C34H34N2/c1-2-29(36(24-27-14-5-3-6-15-27)25-28-16-7-4-8-17-28)18-13-23-34(26-35)32-21-11-9-19-30(32)31-20-10-12-22-33(31)34/h3-12,14-17,19-22,29H,2,13,18,23-25H2,1H3. The van der Waals surface area contributed by atoms with Crippen LogP contribution in [0, 0.1) is 11.3 Å². The third kappa shape index (κ3) is 4.72. The highest BCUT2D eigenvalue weighted by Crippen LogP contribution is 2.51. The summed E-state index contributed by atoms with van der Waals surface area (Å²) in [4.78, 5) is 2.63. The van der Waals surface area contributed by atoms with Crippen LogP contribution in [-0.4, -0.2) is 10.9 Å². The number of benzene rings is 4. The number of hydrogen-bond donors (Lipinski definition) is 0. The molecule has 4 aromatic carbocycles. The van der Waals surface area contributed by atoms with Crippen molar-refractivity contribution in [1.82, 2.24) is 4.90 Å². The van der Waals surface area contributed by atoms with Gasteiger partial charge in [0.2, 0.25) is 0 Å². The van der Waals surface area contributed by atoms with Crippen molar-refractivity contribution in [2.45, 2.75) is 57.2 Å². The predicted octanol–water partition coefficient (Wildman–Crippen LogP) is 8.13. The maximum absolute atomic E-state index is 10.6. The lowest BCUT2D eigenvalue weighted by Gasteiger charge is -2.32. The van der Waals surface area contributed by atoms with Crippen molar-refractivity contribution >= 4 is 0 Å². The van der Waals surface area contributed by atoms with Gasteiger partial charge >= 0.3 is 0 Å². The summed E-state index contributed by atoms with van der Waals surface area (Å²) in [7, 11) is 0. The Bertz CT molecular complexity index is 1230. The molecule has 1 unspecified atom stereocenters. The minimum Gasteiger partial charge on any atom is -0.292 e. The van der Waals surface area contributed by atoms with Gasteiger partial charge in [-0.2, -0.15) is 5.26 Å². The van der Waals surface area contributed by atoms with Crippen LogP contribution in [0.15, 0.2) is 109 Å². The van der Waals surface area contributed by atoms with E-state index in [0.717, 1.165) is 38.8 Å². The van der Waals surface area contributed by atoms with Crippen LogP contribution in [0.25, 0.3) is 11.1 Å². The maximum Gasteiger partial charge on any atom is 0.108 e. The van der Waals surface area contributed by atoms with E-state index in [4.69, 9.17) is 0 Å². The molecule has 4 aromatic rings. The van der Waals surface area contributed by atoms with E-state index in [0.29, 0.717) is 6.04 Å². The van der Waals surface area contributed by atoms with Gasteiger partial charge in [0.1, 0.15) is 5.41 Å². The van der Waals surface area contributed by atoms with Crippen LogP contribution >= 0.6 is 0 Å². The summed E-state index contributed by atoms with van der Waals surface area (Å²) in [5.74, 6) is 0. The second-order valence-electron chi connectivity index (χ2n) is 9.94. The molecule has 0 N–H and O–H groups in total. The molecule has 180 valence electrons. The Labute approximate surface area is 215 Å². The van der Waals surface area contributed by atoms with Gasteiger partial charge < -0.3 is 0 Å². The predicted molar refractivity (Wildman–Crippen MR) is 148 cm³/mol. The monoisotopic (exact) mass is 470 g/mol. The van der Waals surface area contributed by atoms with Gasteiger partial charge in [-0.3, -0.25) is 4.90 Å². The Hall–Kier alpha value is -3.67. The molecule has 2 heteroatoms. The summed E-state index contributed by atoms with van der Waals surface area (Å²) < 4.78 is 0. The maximum atomic E-state index is 10.6. The topological polar surface area (TPSA) is 27.0 Å². The summed E-state index contributed by atoms with van der Waals surface area (Å²) in [5, 5.41) is 10.6. The molecule has 0 aromatic heterocycles. The van der Waals surface area contributed by atoms with E-state index in [2.05, 4.69) is 127 Å². The average molecular weight is 471 g/mol. The molecule has 0 amide bonds. The van der Waals surface area contributed by atoms with Crippen molar-refractivity contribution < 1.29 is 0 Å². The van der Waals surface area contributed by atoms with Crippen LogP contribution in [-0.2, 0) is 18.5 Å². The quantitative estimate of drug-likeness (QED) is 0.234. The highest BCUT2D eigenvalue weighted by molar-refractivity contribution is 5.82. The molecule has 2 nitrogen and oxygen atoms in total. The van der Waals surface area contributed by atoms with Gasteiger partial charge in [0, 0.05) is 19.1 Å². The minimum atomic E-state index is -0.560. The van der Waals surface area contributed by atoms with Crippen LogP contribution in [0.2, 0.25) is 0 Å². The van der Waals surface area contributed by atoms with Crippen LogP contribution in [0.1, 0.15) is 54.9 Å². The van der Waals surface area contributed by atoms with Crippen molar-refractivity contribution in [2.75, 3.05) is 0 Å². The van der Waals surface area contributed by atoms with E-state index in [9.17, 15) is 5.26 Å². The van der Waals surface area contributed by atoms with Crippen molar-refractivity contribution in [2.24, 2.45) is 0 Å². The Morgan fingerprint density at radius 1 is 0.694 bits per heavy atom. The van der Waals surface area contributed by atoms with Crippen molar-refractivity contribution in [3.63, 3.8) is 0 Å². The van der Waals surface area contributed by atoms with Gasteiger partial charge in [-0.15, -0.1) is 0 Å². The summed E-state index contributed by atoms with van der Waals surface area (Å²) in [6.45, 7) is 4.17. The van der Waals surface area contributed by atoms with Crippen molar-refractivity contribution in [3.8, 4) is 17.2 Å². The first-order valence-electron chi connectivity index (χ1n) is 13.2. The molecule has 0 radical (unpaired) electrons. The van der Waals surface area contributed by atoms with E-state index >= 15 is 0 Å². The third-order valence-electron chi connectivity index (χ3n) is 7.79. The molecule has 0 saturated carbocycles. The fourth-order valence-corrected chi connectivity index (χ4v) is 5.97. The Balaban J connectivity index is 1.37. The Morgan fingerprint density at radius 2 is 1.17 bits per heavy atom. The van der Waals surface area contributed by atoms with E-state index in [1.165, 1.54) is 33.4 Å². The molecular formula is C34H34N2. The smallest absolute Gasteiger partial charge is 0.108 e. The van der Waals surface area contributed by atoms with Gasteiger partial charge in [0.15, 0.2) is 0 Å². The van der Waals surface area contributed by atoms with Crippen LogP contribution < -0.4 is 0 Å². The zero-order chi connectivity index (χ0) is 24.8. The molecule has 1 aliphatic rings. The van der Waals surface area contributed by atoms with E-state index in [1.807, 2.05) is 0 Å². The van der Waals surface area contributed by atoms with Gasteiger partial charge in [-0.25, -0.2) is 0 Å². The largest absolute Gasteiger partial charge is 0.292 e. The second kappa shape index (κ2) is 10.9. The second-order valence-corrected chi connectivity index (χ2v) is 9.94. The summed E-state index contributed by atoms with van der Waals surface area (Å²) in [6, 6.07) is 41.8. The fourth-order valence-electron chi connectivity index (χ4n) is 5.97. The number of fused-ring (bicyclic) bond motifs is 3. The molecule has 1 aliphatic carbocycles. The SMILES string of the molecule is CCC(CCCC1(C#N)c2ccccc2-c2ccccc21)N(Cc1ccccc1)Cc1ccccc1. The molecule has 0 fully saturated rings. The van der Waals surface area contributed by atoms with Crippen molar-refractivity contribution in [3.05, 3.63) is 131 Å². The number of nitriles is 1.